The van der Waals surface area contributed by atoms with Gasteiger partial charge in [-0.05, 0) is 34.6 Å². The molecule has 0 spiro atoms. The molecule has 2 amide bonds. The molecule has 0 fully saturated rings. The summed E-state index contributed by atoms with van der Waals surface area (Å²) in [5.74, 6) is 0.194. The first-order chi connectivity index (χ1) is 16.3. The zero-order chi connectivity index (χ0) is 24.7. The van der Waals surface area contributed by atoms with Crippen LogP contribution in [0.3, 0.4) is 0 Å². The van der Waals surface area contributed by atoms with E-state index in [4.69, 9.17) is 11.2 Å². The van der Waals surface area contributed by atoms with Crippen molar-refractivity contribution in [1.29, 1.82) is 0 Å². The Bertz CT molecular complexity index is 1040. The van der Waals surface area contributed by atoms with E-state index in [9.17, 15) is 19.5 Å². The van der Waals surface area contributed by atoms with E-state index in [0.717, 1.165) is 22.3 Å². The predicted molar refractivity (Wildman–Crippen MR) is 129 cm³/mol. The molecule has 0 saturated carbocycles. The molecule has 0 saturated heterocycles. The number of hydrogen-bond donors (Lipinski definition) is 3. The minimum atomic E-state index is -1.02. The van der Waals surface area contributed by atoms with Crippen LogP contribution in [-0.2, 0) is 14.3 Å². The molecule has 3 rings (SSSR count). The zero-order valence-corrected chi connectivity index (χ0v) is 19.4. The van der Waals surface area contributed by atoms with Crippen molar-refractivity contribution in [1.82, 2.24) is 10.6 Å². The van der Waals surface area contributed by atoms with Gasteiger partial charge in [-0.3, -0.25) is 9.59 Å². The number of carbonyl (C=O) groups excluding carboxylic acids is 2. The molecule has 34 heavy (non-hydrogen) atoms. The van der Waals surface area contributed by atoms with Crippen LogP contribution in [0.5, 0.6) is 0 Å². The lowest BCUT2D eigenvalue weighted by Crippen LogP contribution is -2.48. The molecule has 0 heterocycles. The standard InChI is InChI=1S/C27H30N2O5/c1-4-9-24(25(30)28-15-18(26(31)32)14-17(2)3)29-27(33)34-16-23-21-12-7-5-10-19(21)20-11-6-8-13-22(20)23/h1,5-8,10-13,17-18,23-24H,9,14-16H2,2-3H3,(H,28,30)(H,29,33)(H,31,32). The number of hydrogen-bond acceptors (Lipinski definition) is 4. The van der Waals surface area contributed by atoms with Crippen molar-refractivity contribution >= 4 is 18.0 Å². The van der Waals surface area contributed by atoms with Gasteiger partial charge in [0.15, 0.2) is 0 Å². The van der Waals surface area contributed by atoms with Crippen LogP contribution < -0.4 is 10.6 Å². The maximum absolute atomic E-state index is 12.6. The number of rotatable bonds is 10. The number of aliphatic carboxylic acids is 1. The molecule has 2 unspecified atom stereocenters. The third-order valence-corrected chi connectivity index (χ3v) is 5.90. The highest BCUT2D eigenvalue weighted by Gasteiger charge is 2.30. The normalized spacial score (nSPS) is 13.8. The third-order valence-electron chi connectivity index (χ3n) is 5.90. The third kappa shape index (κ3) is 5.96. The van der Waals surface area contributed by atoms with Crippen molar-refractivity contribution in [3.05, 3.63) is 59.7 Å². The van der Waals surface area contributed by atoms with E-state index < -0.39 is 29.9 Å². The summed E-state index contributed by atoms with van der Waals surface area (Å²) in [6.45, 7) is 3.90. The number of terminal acetylenes is 1. The number of amides is 2. The molecule has 178 valence electrons. The Morgan fingerprint density at radius 1 is 1.06 bits per heavy atom. The summed E-state index contributed by atoms with van der Waals surface area (Å²) in [5, 5.41) is 14.5. The molecule has 0 aliphatic heterocycles. The second-order valence-electron chi connectivity index (χ2n) is 8.84. The number of alkyl carbamates (subject to hydrolysis) is 1. The van der Waals surface area contributed by atoms with Crippen LogP contribution in [0, 0.1) is 24.2 Å². The van der Waals surface area contributed by atoms with Gasteiger partial charge in [0, 0.05) is 18.9 Å². The Kier molecular flexibility index (Phi) is 8.31. The predicted octanol–water partition coefficient (Wildman–Crippen LogP) is 3.78. The first-order valence-electron chi connectivity index (χ1n) is 11.4. The lowest BCUT2D eigenvalue weighted by molar-refractivity contribution is -0.142. The number of ether oxygens (including phenoxy) is 1. The van der Waals surface area contributed by atoms with Gasteiger partial charge in [-0.25, -0.2) is 4.79 Å². The summed E-state index contributed by atoms with van der Waals surface area (Å²) >= 11 is 0. The van der Waals surface area contributed by atoms with Gasteiger partial charge in [-0.2, -0.15) is 0 Å². The largest absolute Gasteiger partial charge is 0.481 e. The van der Waals surface area contributed by atoms with E-state index >= 15 is 0 Å². The monoisotopic (exact) mass is 462 g/mol. The number of carboxylic acids is 1. The van der Waals surface area contributed by atoms with Crippen molar-refractivity contribution in [2.45, 2.75) is 38.6 Å². The Balaban J connectivity index is 1.60. The van der Waals surface area contributed by atoms with E-state index in [2.05, 4.69) is 16.6 Å². The van der Waals surface area contributed by atoms with Gasteiger partial charge in [0.05, 0.1) is 5.92 Å². The molecular weight excluding hydrogens is 432 g/mol. The Hall–Kier alpha value is -3.79. The second-order valence-corrected chi connectivity index (χ2v) is 8.84. The summed E-state index contributed by atoms with van der Waals surface area (Å²) < 4.78 is 5.49. The number of carbonyl (C=O) groups is 3. The maximum atomic E-state index is 12.6. The Morgan fingerprint density at radius 3 is 2.18 bits per heavy atom. The highest BCUT2D eigenvalue weighted by molar-refractivity contribution is 5.86. The molecule has 1 aliphatic carbocycles. The fraction of sp³-hybridized carbons (Fsp3) is 0.370. The molecule has 1 aliphatic rings. The molecule has 3 N–H and O–H groups in total. The topological polar surface area (TPSA) is 105 Å². The molecule has 2 aromatic carbocycles. The summed E-state index contributed by atoms with van der Waals surface area (Å²) in [6, 6.07) is 15.0. The second kappa shape index (κ2) is 11.4. The van der Waals surface area contributed by atoms with Gasteiger partial charge >= 0.3 is 12.1 Å². The van der Waals surface area contributed by atoms with Gasteiger partial charge in [0.1, 0.15) is 12.6 Å². The van der Waals surface area contributed by atoms with Gasteiger partial charge in [-0.15, -0.1) is 12.3 Å². The van der Waals surface area contributed by atoms with E-state index in [1.165, 1.54) is 0 Å². The van der Waals surface area contributed by atoms with Crippen molar-refractivity contribution < 1.29 is 24.2 Å². The van der Waals surface area contributed by atoms with Gasteiger partial charge in [0.25, 0.3) is 0 Å². The summed E-state index contributed by atoms with van der Waals surface area (Å²) in [6.07, 6.45) is 5.00. The first-order valence-corrected chi connectivity index (χ1v) is 11.4. The molecule has 0 radical (unpaired) electrons. The van der Waals surface area contributed by atoms with Crippen molar-refractivity contribution in [3.63, 3.8) is 0 Å². The van der Waals surface area contributed by atoms with Crippen LogP contribution in [0.25, 0.3) is 11.1 Å². The molecule has 2 aromatic rings. The van der Waals surface area contributed by atoms with E-state index in [1.807, 2.05) is 62.4 Å². The fourth-order valence-corrected chi connectivity index (χ4v) is 4.30. The Morgan fingerprint density at radius 2 is 1.65 bits per heavy atom. The van der Waals surface area contributed by atoms with Gasteiger partial charge < -0.3 is 20.5 Å². The fourth-order valence-electron chi connectivity index (χ4n) is 4.30. The molecular formula is C27H30N2O5. The summed E-state index contributed by atoms with van der Waals surface area (Å²) in [4.78, 5) is 36.6. The smallest absolute Gasteiger partial charge is 0.407 e. The number of benzene rings is 2. The average molecular weight is 463 g/mol. The highest BCUT2D eigenvalue weighted by Crippen LogP contribution is 2.44. The lowest BCUT2D eigenvalue weighted by atomic mass is 9.97. The minimum absolute atomic E-state index is 0.0419. The van der Waals surface area contributed by atoms with Crippen molar-refractivity contribution in [2.24, 2.45) is 11.8 Å². The maximum Gasteiger partial charge on any atom is 0.407 e. The summed E-state index contributed by atoms with van der Waals surface area (Å²) in [7, 11) is 0. The van der Waals surface area contributed by atoms with E-state index in [0.29, 0.717) is 6.42 Å². The molecule has 0 bridgehead atoms. The van der Waals surface area contributed by atoms with Crippen LogP contribution in [0.1, 0.15) is 43.7 Å². The zero-order valence-electron chi connectivity index (χ0n) is 19.4. The van der Waals surface area contributed by atoms with E-state index in [-0.39, 0.29) is 31.4 Å². The molecule has 2 atom stereocenters. The van der Waals surface area contributed by atoms with Gasteiger partial charge in [0.2, 0.25) is 5.91 Å². The lowest BCUT2D eigenvalue weighted by Gasteiger charge is -2.20. The van der Waals surface area contributed by atoms with Crippen LogP contribution >= 0.6 is 0 Å². The van der Waals surface area contributed by atoms with Crippen LogP contribution in [-0.4, -0.2) is 42.3 Å². The number of nitrogens with one attached hydrogen (secondary N) is 2. The van der Waals surface area contributed by atoms with E-state index in [1.54, 1.807) is 0 Å². The van der Waals surface area contributed by atoms with Crippen molar-refractivity contribution in [2.75, 3.05) is 13.2 Å². The quantitative estimate of drug-likeness (QED) is 0.466. The van der Waals surface area contributed by atoms with Crippen LogP contribution in [0.2, 0.25) is 0 Å². The van der Waals surface area contributed by atoms with Crippen molar-refractivity contribution in [3.8, 4) is 23.5 Å². The van der Waals surface area contributed by atoms with Crippen LogP contribution in [0.15, 0.2) is 48.5 Å². The highest BCUT2D eigenvalue weighted by atomic mass is 16.5. The van der Waals surface area contributed by atoms with Crippen LogP contribution in [0.4, 0.5) is 4.79 Å². The minimum Gasteiger partial charge on any atom is -0.481 e. The van der Waals surface area contributed by atoms with Gasteiger partial charge in [-0.1, -0.05) is 62.4 Å². The molecule has 7 nitrogen and oxygen atoms in total. The SMILES string of the molecule is C#CCC(NC(=O)OCC1c2ccccc2-c2ccccc21)C(=O)NCC(CC(C)C)C(=O)O. The number of carboxylic acid groups (broad SMARTS) is 1. The first kappa shape index (κ1) is 24.8. The molecule has 7 heteroatoms. The average Bonchev–Trinajstić information content (AvgIpc) is 3.13. The Labute approximate surface area is 199 Å². The molecule has 0 aromatic heterocycles. The summed E-state index contributed by atoms with van der Waals surface area (Å²) in [5.41, 5.74) is 4.40. The number of fused-ring (bicyclic) bond motifs is 3.